The number of aryl methyl sites for hydroxylation is 1. The molecule has 0 spiro atoms. The first-order chi connectivity index (χ1) is 11.1. The van der Waals surface area contributed by atoms with Gasteiger partial charge in [-0.05, 0) is 18.6 Å². The number of hydrogen-bond donors (Lipinski definition) is 2. The molecule has 1 aromatic carbocycles. The number of thioether (sulfide) groups is 1. The van der Waals surface area contributed by atoms with Crippen molar-refractivity contribution in [1.29, 1.82) is 0 Å². The lowest BCUT2D eigenvalue weighted by atomic mass is 10.3. The van der Waals surface area contributed by atoms with E-state index < -0.39 is 0 Å². The number of benzene rings is 1. The Morgan fingerprint density at radius 3 is 3.04 bits per heavy atom. The van der Waals surface area contributed by atoms with Gasteiger partial charge in [0.25, 0.3) is 0 Å². The number of para-hydroxylation sites is 2. The second-order valence-electron chi connectivity index (χ2n) is 4.86. The number of hydrogen-bond acceptors (Lipinski definition) is 6. The Labute approximate surface area is 140 Å². The van der Waals surface area contributed by atoms with E-state index in [1.165, 1.54) is 18.3 Å². The van der Waals surface area contributed by atoms with Crippen LogP contribution in [0.3, 0.4) is 0 Å². The van der Waals surface area contributed by atoms with Crippen LogP contribution in [-0.4, -0.2) is 31.4 Å². The number of aromatic amines is 1. The van der Waals surface area contributed by atoms with Crippen molar-refractivity contribution in [1.82, 2.24) is 19.7 Å². The maximum absolute atomic E-state index is 11.9. The summed E-state index contributed by atoms with van der Waals surface area (Å²) in [7, 11) is 0. The summed E-state index contributed by atoms with van der Waals surface area (Å²) < 4.78 is 2.55. The minimum absolute atomic E-state index is 0.0833. The van der Waals surface area contributed by atoms with Gasteiger partial charge in [0.1, 0.15) is 0 Å². The number of amides is 1. The molecule has 3 aromatic rings. The van der Waals surface area contributed by atoms with Gasteiger partial charge in [-0.2, -0.15) is 0 Å². The molecule has 23 heavy (non-hydrogen) atoms. The fraction of sp³-hybridized carbons (Fsp3) is 0.286. The minimum atomic E-state index is -0.156. The van der Waals surface area contributed by atoms with E-state index in [-0.39, 0.29) is 11.6 Å². The van der Waals surface area contributed by atoms with Gasteiger partial charge in [-0.25, -0.2) is 4.79 Å². The number of rotatable bonds is 6. The van der Waals surface area contributed by atoms with E-state index >= 15 is 0 Å². The van der Waals surface area contributed by atoms with Crippen LogP contribution in [0.4, 0.5) is 5.13 Å². The van der Waals surface area contributed by atoms with Crippen LogP contribution in [0.1, 0.15) is 13.3 Å². The first-order valence-corrected chi connectivity index (χ1v) is 8.85. The lowest BCUT2D eigenvalue weighted by Crippen LogP contribution is -2.17. The van der Waals surface area contributed by atoms with E-state index in [0.29, 0.717) is 11.7 Å². The van der Waals surface area contributed by atoms with Crippen molar-refractivity contribution in [3.05, 3.63) is 34.7 Å². The third-order valence-corrected chi connectivity index (χ3v) is 5.18. The van der Waals surface area contributed by atoms with Crippen LogP contribution in [-0.2, 0) is 11.3 Å². The van der Waals surface area contributed by atoms with Crippen molar-refractivity contribution in [2.24, 2.45) is 0 Å². The molecule has 2 aromatic heterocycles. The maximum Gasteiger partial charge on any atom is 0.326 e. The molecule has 0 aliphatic carbocycles. The highest BCUT2D eigenvalue weighted by atomic mass is 32.2. The molecule has 2 N–H and O–H groups in total. The second-order valence-corrected chi connectivity index (χ2v) is 7.17. The van der Waals surface area contributed by atoms with Crippen molar-refractivity contribution in [3.8, 4) is 0 Å². The monoisotopic (exact) mass is 349 g/mol. The SMILES string of the molecule is CC(=O)Nc1nnc(SCCCn2c(=O)[nH]c3ccccc32)s1. The standard InChI is InChI=1S/C14H15N5O2S2/c1-9(20)15-12-17-18-14(23-12)22-8-4-7-19-11-6-3-2-5-10(11)16-13(19)21/h2-3,5-6H,4,7-8H2,1H3,(H,16,21)(H,15,17,20). The van der Waals surface area contributed by atoms with Crippen molar-refractivity contribution in [2.45, 2.75) is 24.2 Å². The molecule has 0 bridgehead atoms. The van der Waals surface area contributed by atoms with E-state index in [9.17, 15) is 9.59 Å². The number of aromatic nitrogens is 4. The molecule has 3 rings (SSSR count). The van der Waals surface area contributed by atoms with E-state index in [4.69, 9.17) is 0 Å². The van der Waals surface area contributed by atoms with E-state index in [1.54, 1.807) is 16.3 Å². The molecule has 2 heterocycles. The Balaban J connectivity index is 1.55. The van der Waals surface area contributed by atoms with Crippen LogP contribution >= 0.6 is 23.1 Å². The highest BCUT2D eigenvalue weighted by Gasteiger charge is 2.08. The molecule has 0 radical (unpaired) electrons. The Kier molecular flexibility index (Phi) is 4.77. The maximum atomic E-state index is 11.9. The summed E-state index contributed by atoms with van der Waals surface area (Å²) in [4.78, 5) is 25.7. The normalized spacial score (nSPS) is 11.0. The van der Waals surface area contributed by atoms with Crippen molar-refractivity contribution < 1.29 is 4.79 Å². The van der Waals surface area contributed by atoms with Crippen LogP contribution in [0.5, 0.6) is 0 Å². The predicted molar refractivity (Wildman–Crippen MR) is 92.1 cm³/mol. The Morgan fingerprint density at radius 1 is 1.39 bits per heavy atom. The zero-order valence-electron chi connectivity index (χ0n) is 12.4. The molecule has 0 aliphatic heterocycles. The lowest BCUT2D eigenvalue weighted by molar-refractivity contribution is -0.114. The van der Waals surface area contributed by atoms with Crippen LogP contribution < -0.4 is 11.0 Å². The molecule has 0 fully saturated rings. The summed E-state index contributed by atoms with van der Waals surface area (Å²) in [5.74, 6) is 0.664. The molecule has 7 nitrogen and oxygen atoms in total. The van der Waals surface area contributed by atoms with Gasteiger partial charge in [-0.1, -0.05) is 35.2 Å². The van der Waals surface area contributed by atoms with Crippen LogP contribution in [0.25, 0.3) is 11.0 Å². The number of fused-ring (bicyclic) bond motifs is 1. The summed E-state index contributed by atoms with van der Waals surface area (Å²) >= 11 is 2.92. The minimum Gasteiger partial charge on any atom is -0.306 e. The molecule has 0 saturated carbocycles. The van der Waals surface area contributed by atoms with Crippen molar-refractivity contribution >= 4 is 45.2 Å². The zero-order valence-corrected chi connectivity index (χ0v) is 14.0. The summed E-state index contributed by atoms with van der Waals surface area (Å²) in [6.45, 7) is 2.08. The fourth-order valence-corrected chi connectivity index (χ4v) is 3.97. The first kappa shape index (κ1) is 15.8. The number of anilines is 1. The molecule has 0 unspecified atom stereocenters. The van der Waals surface area contributed by atoms with Crippen molar-refractivity contribution in [3.63, 3.8) is 0 Å². The summed E-state index contributed by atoms with van der Waals surface area (Å²) in [6.07, 6.45) is 0.835. The lowest BCUT2D eigenvalue weighted by Gasteiger charge is -2.02. The quantitative estimate of drug-likeness (QED) is 0.405. The summed E-state index contributed by atoms with van der Waals surface area (Å²) in [5.41, 5.74) is 1.70. The number of carbonyl (C=O) groups is 1. The number of imidazole rings is 1. The Morgan fingerprint density at radius 2 is 2.22 bits per heavy atom. The van der Waals surface area contributed by atoms with Gasteiger partial charge in [0.15, 0.2) is 4.34 Å². The molecular formula is C14H15N5O2S2. The number of H-pyrrole nitrogens is 1. The van der Waals surface area contributed by atoms with Gasteiger partial charge in [-0.3, -0.25) is 9.36 Å². The van der Waals surface area contributed by atoms with E-state index in [2.05, 4.69) is 20.5 Å². The fourth-order valence-electron chi connectivity index (χ4n) is 2.18. The third-order valence-electron chi connectivity index (χ3n) is 3.12. The number of carbonyl (C=O) groups excluding carboxylic acids is 1. The molecule has 0 saturated heterocycles. The first-order valence-electron chi connectivity index (χ1n) is 7.05. The average Bonchev–Trinajstić information content (AvgIpc) is 3.07. The molecule has 0 aliphatic rings. The highest BCUT2D eigenvalue weighted by molar-refractivity contribution is 8.01. The van der Waals surface area contributed by atoms with E-state index in [1.807, 2.05) is 24.3 Å². The summed E-state index contributed by atoms with van der Waals surface area (Å²) in [6, 6.07) is 7.66. The van der Waals surface area contributed by atoms with Gasteiger partial charge >= 0.3 is 5.69 Å². The summed E-state index contributed by atoms with van der Waals surface area (Å²) in [5, 5.41) is 11.0. The number of nitrogens with one attached hydrogen (secondary N) is 2. The Bertz CT molecular complexity index is 883. The van der Waals surface area contributed by atoms with E-state index in [0.717, 1.165) is 27.5 Å². The number of nitrogens with zero attached hydrogens (tertiary/aromatic N) is 3. The largest absolute Gasteiger partial charge is 0.326 e. The van der Waals surface area contributed by atoms with Gasteiger partial charge in [0, 0.05) is 19.2 Å². The second kappa shape index (κ2) is 6.97. The average molecular weight is 349 g/mol. The van der Waals surface area contributed by atoms with Crippen LogP contribution in [0, 0.1) is 0 Å². The molecule has 9 heteroatoms. The molecule has 120 valence electrons. The molecular weight excluding hydrogens is 334 g/mol. The van der Waals surface area contributed by atoms with Crippen LogP contribution in [0.15, 0.2) is 33.4 Å². The Hall–Kier alpha value is -2.13. The van der Waals surface area contributed by atoms with Gasteiger partial charge < -0.3 is 10.3 Å². The topological polar surface area (TPSA) is 92.7 Å². The third kappa shape index (κ3) is 3.80. The van der Waals surface area contributed by atoms with Gasteiger partial charge in [0.05, 0.1) is 11.0 Å². The van der Waals surface area contributed by atoms with Crippen molar-refractivity contribution in [2.75, 3.05) is 11.1 Å². The molecule has 0 atom stereocenters. The zero-order chi connectivity index (χ0) is 16.2. The van der Waals surface area contributed by atoms with Gasteiger partial charge in [0.2, 0.25) is 11.0 Å². The molecule has 1 amide bonds. The van der Waals surface area contributed by atoms with Gasteiger partial charge in [-0.15, -0.1) is 10.2 Å². The predicted octanol–water partition coefficient (Wildman–Crippen LogP) is 2.32. The van der Waals surface area contributed by atoms with Crippen LogP contribution in [0.2, 0.25) is 0 Å². The highest BCUT2D eigenvalue weighted by Crippen LogP contribution is 2.26. The smallest absolute Gasteiger partial charge is 0.306 e.